The highest BCUT2D eigenvalue weighted by Gasteiger charge is 2.07. The lowest BCUT2D eigenvalue weighted by Gasteiger charge is -2.03. The number of benzene rings is 1. The first kappa shape index (κ1) is 12.5. The van der Waals surface area contributed by atoms with E-state index in [-0.39, 0.29) is 0 Å². The summed E-state index contributed by atoms with van der Waals surface area (Å²) in [4.78, 5) is 13.5. The van der Waals surface area contributed by atoms with Crippen LogP contribution < -0.4 is 5.76 Å². The lowest BCUT2D eigenvalue weighted by Crippen LogP contribution is -1.95. The fourth-order valence-corrected chi connectivity index (χ4v) is 2.14. The van der Waals surface area contributed by atoms with Gasteiger partial charge in [-0.3, -0.25) is 9.51 Å². The van der Waals surface area contributed by atoms with Gasteiger partial charge in [0.2, 0.25) is 0 Å². The third-order valence-corrected chi connectivity index (χ3v) is 3.18. The first-order chi connectivity index (χ1) is 9.63. The van der Waals surface area contributed by atoms with Crippen LogP contribution in [0.2, 0.25) is 0 Å². The van der Waals surface area contributed by atoms with Gasteiger partial charge in [-0.05, 0) is 38.1 Å². The maximum Gasteiger partial charge on any atom is 0.439 e. The molecule has 2 aromatic heterocycles. The molecule has 5 nitrogen and oxygen atoms in total. The Morgan fingerprint density at radius 1 is 1.40 bits per heavy atom. The molecule has 1 aromatic carbocycles. The third-order valence-electron chi connectivity index (χ3n) is 3.18. The van der Waals surface area contributed by atoms with Crippen molar-refractivity contribution in [3.05, 3.63) is 52.7 Å². The van der Waals surface area contributed by atoms with Crippen LogP contribution >= 0.6 is 0 Å². The molecule has 3 rings (SSSR count). The molecular weight excluding hydrogens is 254 g/mol. The molecule has 0 aliphatic carbocycles. The lowest BCUT2D eigenvalue weighted by molar-refractivity contribution is 0.388. The Morgan fingerprint density at radius 3 is 2.95 bits per heavy atom. The second-order valence-corrected chi connectivity index (χ2v) is 4.97. The quantitative estimate of drug-likeness (QED) is 0.743. The number of H-pyrrole nitrogens is 1. The van der Waals surface area contributed by atoms with Crippen molar-refractivity contribution in [1.82, 2.24) is 14.7 Å². The summed E-state index contributed by atoms with van der Waals surface area (Å²) in [6, 6.07) is 7.99. The van der Waals surface area contributed by atoms with E-state index in [1.807, 2.05) is 18.2 Å². The van der Waals surface area contributed by atoms with Crippen LogP contribution in [0, 0.1) is 0 Å². The number of nitrogens with zero attached hydrogens (tertiary/aromatic N) is 2. The largest absolute Gasteiger partial charge is 0.439 e. The maximum atomic E-state index is 11.0. The average molecular weight is 269 g/mol. The van der Waals surface area contributed by atoms with Crippen LogP contribution in [0.5, 0.6) is 0 Å². The van der Waals surface area contributed by atoms with Crippen LogP contribution in [-0.2, 0) is 6.54 Å². The van der Waals surface area contributed by atoms with E-state index in [4.69, 9.17) is 0 Å². The van der Waals surface area contributed by atoms with Crippen LogP contribution in [0.15, 0.2) is 51.4 Å². The molecule has 0 saturated heterocycles. The lowest BCUT2D eigenvalue weighted by atomic mass is 10.1. The van der Waals surface area contributed by atoms with Crippen molar-refractivity contribution in [1.29, 1.82) is 0 Å². The minimum absolute atomic E-state index is 0.453. The van der Waals surface area contributed by atoms with Gasteiger partial charge in [0.25, 0.3) is 0 Å². The zero-order valence-electron chi connectivity index (χ0n) is 11.4. The van der Waals surface area contributed by atoms with Crippen LogP contribution in [-0.4, -0.2) is 14.7 Å². The van der Waals surface area contributed by atoms with Crippen LogP contribution in [0.25, 0.3) is 22.3 Å². The number of fused-ring (bicyclic) bond motifs is 1. The standard InChI is InChI=1S/C15H15N3O2/c1-10(2)5-7-18-8-6-11-9-12(3-4-13(11)18)14-16-15(19)20-17-14/h3-6,8-9H,7H2,1-2H3,(H,16,17,19). The zero-order chi connectivity index (χ0) is 14.1. The molecule has 0 amide bonds. The van der Waals surface area contributed by atoms with E-state index in [1.165, 1.54) is 5.57 Å². The monoisotopic (exact) mass is 269 g/mol. The molecule has 3 aromatic rings. The summed E-state index contributed by atoms with van der Waals surface area (Å²) in [6.07, 6.45) is 4.24. The van der Waals surface area contributed by atoms with Crippen molar-refractivity contribution in [3.8, 4) is 11.4 Å². The molecular formula is C15H15N3O2. The Labute approximate surface area is 115 Å². The number of allylic oxidation sites excluding steroid dienone is 2. The van der Waals surface area contributed by atoms with Crippen molar-refractivity contribution in [2.24, 2.45) is 0 Å². The van der Waals surface area contributed by atoms with Gasteiger partial charge < -0.3 is 4.57 Å². The summed E-state index contributed by atoms with van der Waals surface area (Å²) in [5.41, 5.74) is 3.28. The van der Waals surface area contributed by atoms with E-state index in [9.17, 15) is 4.79 Å². The second kappa shape index (κ2) is 4.85. The third kappa shape index (κ3) is 2.30. The van der Waals surface area contributed by atoms with Gasteiger partial charge in [0.05, 0.1) is 0 Å². The van der Waals surface area contributed by atoms with Crippen molar-refractivity contribution in [2.75, 3.05) is 0 Å². The molecule has 102 valence electrons. The van der Waals surface area contributed by atoms with Crippen molar-refractivity contribution >= 4 is 10.9 Å². The molecule has 0 unspecified atom stereocenters. The van der Waals surface area contributed by atoms with Gasteiger partial charge >= 0.3 is 5.76 Å². The Kier molecular flexibility index (Phi) is 3.02. The van der Waals surface area contributed by atoms with Gasteiger partial charge in [0.15, 0.2) is 5.82 Å². The maximum absolute atomic E-state index is 11.0. The Morgan fingerprint density at radius 2 is 2.25 bits per heavy atom. The minimum Gasteiger partial charge on any atom is -0.344 e. The molecule has 0 atom stereocenters. The second-order valence-electron chi connectivity index (χ2n) is 4.97. The highest BCUT2D eigenvalue weighted by molar-refractivity contribution is 5.84. The summed E-state index contributed by atoms with van der Waals surface area (Å²) >= 11 is 0. The van der Waals surface area contributed by atoms with Crippen LogP contribution in [0.4, 0.5) is 0 Å². The predicted molar refractivity (Wildman–Crippen MR) is 77.5 cm³/mol. The van der Waals surface area contributed by atoms with E-state index in [1.54, 1.807) is 0 Å². The van der Waals surface area contributed by atoms with Gasteiger partial charge in [0.1, 0.15) is 0 Å². The minimum atomic E-state index is -0.541. The van der Waals surface area contributed by atoms with Crippen molar-refractivity contribution < 1.29 is 4.52 Å². The van der Waals surface area contributed by atoms with E-state index < -0.39 is 5.76 Å². The molecule has 0 spiro atoms. The summed E-state index contributed by atoms with van der Waals surface area (Å²) in [5, 5.41) is 4.80. The Hall–Kier alpha value is -2.56. The molecule has 20 heavy (non-hydrogen) atoms. The van der Waals surface area contributed by atoms with E-state index in [0.717, 1.165) is 23.0 Å². The first-order valence-corrected chi connectivity index (χ1v) is 6.42. The number of hydrogen-bond donors (Lipinski definition) is 1. The number of nitrogens with one attached hydrogen (secondary N) is 1. The van der Waals surface area contributed by atoms with Crippen LogP contribution in [0.1, 0.15) is 13.8 Å². The van der Waals surface area contributed by atoms with Crippen LogP contribution in [0.3, 0.4) is 0 Å². The topological polar surface area (TPSA) is 63.8 Å². The summed E-state index contributed by atoms with van der Waals surface area (Å²) in [7, 11) is 0. The molecule has 2 heterocycles. The number of hydrogen-bond acceptors (Lipinski definition) is 3. The fraction of sp³-hybridized carbons (Fsp3) is 0.200. The van der Waals surface area contributed by atoms with Gasteiger partial charge in [-0.15, -0.1) is 0 Å². The molecule has 0 aliphatic heterocycles. The molecule has 0 fully saturated rings. The fourth-order valence-electron chi connectivity index (χ4n) is 2.14. The molecule has 0 aliphatic rings. The molecule has 0 radical (unpaired) electrons. The van der Waals surface area contributed by atoms with E-state index >= 15 is 0 Å². The normalized spacial score (nSPS) is 10.9. The molecule has 5 heteroatoms. The predicted octanol–water partition coefficient (Wildman–Crippen LogP) is 2.95. The summed E-state index contributed by atoms with van der Waals surface area (Å²) < 4.78 is 6.71. The molecule has 0 bridgehead atoms. The summed E-state index contributed by atoms with van der Waals surface area (Å²) in [5.74, 6) is -0.0878. The van der Waals surface area contributed by atoms with Gasteiger partial charge in [0, 0.05) is 29.2 Å². The highest BCUT2D eigenvalue weighted by atomic mass is 16.5. The Bertz CT molecular complexity index is 832. The Balaban J connectivity index is 2.01. The van der Waals surface area contributed by atoms with Crippen molar-refractivity contribution in [3.63, 3.8) is 0 Å². The zero-order valence-corrected chi connectivity index (χ0v) is 11.4. The smallest absolute Gasteiger partial charge is 0.344 e. The van der Waals surface area contributed by atoms with Gasteiger partial charge in [-0.2, -0.15) is 0 Å². The number of aromatic amines is 1. The SMILES string of the molecule is CC(C)=CCn1ccc2cc(-c3noc(=O)[nH]3)ccc21. The van der Waals surface area contributed by atoms with Gasteiger partial charge in [-0.1, -0.05) is 16.8 Å². The summed E-state index contributed by atoms with van der Waals surface area (Å²) in [6.45, 7) is 5.03. The molecule has 1 N–H and O–H groups in total. The van der Waals surface area contributed by atoms with E-state index in [0.29, 0.717) is 5.82 Å². The number of aromatic nitrogens is 3. The van der Waals surface area contributed by atoms with Gasteiger partial charge in [-0.25, -0.2) is 4.79 Å². The number of rotatable bonds is 3. The van der Waals surface area contributed by atoms with E-state index in [2.05, 4.69) is 51.4 Å². The highest BCUT2D eigenvalue weighted by Crippen LogP contribution is 2.22. The molecule has 0 saturated carbocycles. The van der Waals surface area contributed by atoms with Crippen molar-refractivity contribution in [2.45, 2.75) is 20.4 Å². The average Bonchev–Trinajstić information content (AvgIpc) is 3.02. The first-order valence-electron chi connectivity index (χ1n) is 6.42.